The van der Waals surface area contributed by atoms with Crippen LogP contribution in [0, 0.1) is 0 Å². The summed E-state index contributed by atoms with van der Waals surface area (Å²) in [5, 5.41) is 2.72. The summed E-state index contributed by atoms with van der Waals surface area (Å²) < 4.78 is 4.83. The molecule has 12 heteroatoms. The zero-order chi connectivity index (χ0) is 37.6. The van der Waals surface area contributed by atoms with Crippen molar-refractivity contribution in [3.63, 3.8) is 0 Å². The second-order valence-corrected chi connectivity index (χ2v) is 13.8. The third-order valence-corrected chi connectivity index (χ3v) is 10.8. The topological polar surface area (TPSA) is 140 Å². The number of carbonyl (C=O) groups excluding carboxylic acids is 3. The summed E-state index contributed by atoms with van der Waals surface area (Å²) in [7, 11) is 1.28. The van der Waals surface area contributed by atoms with Crippen molar-refractivity contribution in [1.29, 1.82) is 0 Å². The van der Waals surface area contributed by atoms with Crippen LogP contribution in [-0.4, -0.2) is 85.8 Å². The van der Waals surface area contributed by atoms with Crippen LogP contribution in [0.4, 0.5) is 4.79 Å². The Morgan fingerprint density at radius 2 is 1.22 bits per heavy atom. The average Bonchev–Trinajstić information content (AvgIpc) is 4.06. The molecule has 54 heavy (non-hydrogen) atoms. The maximum absolute atomic E-state index is 14.2. The Balaban J connectivity index is 1.05. The molecule has 2 aliphatic heterocycles. The van der Waals surface area contributed by atoms with Gasteiger partial charge in [-0.3, -0.25) is 14.5 Å². The molecule has 0 unspecified atom stereocenters. The molecule has 2 aromatic heterocycles. The van der Waals surface area contributed by atoms with Gasteiger partial charge in [-0.2, -0.15) is 0 Å². The largest absolute Gasteiger partial charge is 0.453 e. The van der Waals surface area contributed by atoms with E-state index in [-0.39, 0.29) is 29.9 Å². The highest BCUT2D eigenvalue weighted by Gasteiger charge is 2.39. The third kappa shape index (κ3) is 7.52. The van der Waals surface area contributed by atoms with E-state index < -0.39 is 12.1 Å². The lowest BCUT2D eigenvalue weighted by Crippen LogP contribution is -2.43. The van der Waals surface area contributed by atoms with E-state index >= 15 is 0 Å². The number of carbonyl (C=O) groups is 3. The van der Waals surface area contributed by atoms with Crippen LogP contribution in [0.25, 0.3) is 22.5 Å². The van der Waals surface area contributed by atoms with Gasteiger partial charge in [-0.15, -0.1) is 0 Å². The number of aromatic nitrogens is 4. The number of nitrogens with one attached hydrogen (secondary N) is 3. The monoisotopic (exact) mass is 728 g/mol. The molecule has 7 rings (SSSR count). The molecule has 0 saturated carbocycles. The van der Waals surface area contributed by atoms with Gasteiger partial charge >= 0.3 is 6.09 Å². The first-order valence-corrected chi connectivity index (χ1v) is 18.9. The first kappa shape index (κ1) is 36.6. The van der Waals surface area contributed by atoms with Crippen LogP contribution in [-0.2, 0) is 14.3 Å². The number of likely N-dealkylation sites (N-methyl/N-ethyl adjacent to an activating group) is 1. The molecule has 3 N–H and O–H groups in total. The Kier molecular flexibility index (Phi) is 11.2. The fourth-order valence-corrected chi connectivity index (χ4v) is 7.93. The lowest BCUT2D eigenvalue weighted by Gasteiger charge is -2.34. The van der Waals surface area contributed by atoms with Crippen LogP contribution in [0.3, 0.4) is 0 Å². The first-order chi connectivity index (χ1) is 26.4. The maximum Gasteiger partial charge on any atom is 0.407 e. The standard InChI is InChI=1S/C42H48N8O4/c1-4-48(5-2)37(31-16-10-7-11-17-31)41(52)50-25-13-19-35(50)39-44-27-33(46-39)29-22-20-28(21-23-29)32-26-43-38(45-32)34-18-12-24-49(34)40(51)36(47-42(53)54-3)30-14-8-6-9-15-30/h6-11,14-17,20-23,26-27,34-37H,4-5,12-13,18-19,24-25H2,1-3H3,(H,43,45)(H,44,46)(H,47,53)/t34-,35-,36+,37+/m0/s1. The lowest BCUT2D eigenvalue weighted by atomic mass is 10.0. The number of likely N-dealkylation sites (tertiary alicyclic amines) is 2. The predicted octanol–water partition coefficient (Wildman–Crippen LogP) is 6.97. The minimum Gasteiger partial charge on any atom is -0.453 e. The molecule has 12 nitrogen and oxygen atoms in total. The second-order valence-electron chi connectivity index (χ2n) is 13.8. The van der Waals surface area contributed by atoms with Crippen LogP contribution < -0.4 is 5.32 Å². The van der Waals surface area contributed by atoms with E-state index in [2.05, 4.69) is 34.0 Å². The van der Waals surface area contributed by atoms with E-state index in [1.54, 1.807) is 11.1 Å². The van der Waals surface area contributed by atoms with E-state index in [0.717, 1.165) is 72.7 Å². The lowest BCUT2D eigenvalue weighted by molar-refractivity contribution is -0.138. The molecule has 2 aliphatic rings. The maximum atomic E-state index is 14.2. The number of aromatic amines is 2. The Morgan fingerprint density at radius 3 is 1.70 bits per heavy atom. The Hall–Kier alpha value is -5.75. The van der Waals surface area contributed by atoms with E-state index in [0.29, 0.717) is 24.5 Å². The van der Waals surface area contributed by atoms with E-state index in [9.17, 15) is 14.4 Å². The molecular formula is C42H48N8O4. The number of alkyl carbamates (subject to hydrolysis) is 1. The summed E-state index contributed by atoms with van der Waals surface area (Å²) in [6, 6.07) is 25.9. The smallest absolute Gasteiger partial charge is 0.407 e. The summed E-state index contributed by atoms with van der Waals surface area (Å²) in [6.07, 6.45) is 6.35. The average molecular weight is 729 g/mol. The van der Waals surface area contributed by atoms with Crippen molar-refractivity contribution in [3.05, 3.63) is 120 Å². The first-order valence-electron chi connectivity index (χ1n) is 18.9. The van der Waals surface area contributed by atoms with Gasteiger partial charge in [0.1, 0.15) is 23.7 Å². The minimum absolute atomic E-state index is 0.114. The van der Waals surface area contributed by atoms with Crippen molar-refractivity contribution >= 4 is 17.9 Å². The van der Waals surface area contributed by atoms with Gasteiger partial charge in [-0.05, 0) is 61.0 Å². The number of rotatable bonds is 12. The van der Waals surface area contributed by atoms with Crippen molar-refractivity contribution in [2.45, 2.75) is 63.7 Å². The zero-order valence-corrected chi connectivity index (χ0v) is 31.1. The fourth-order valence-electron chi connectivity index (χ4n) is 7.93. The minimum atomic E-state index is -0.875. The zero-order valence-electron chi connectivity index (χ0n) is 31.1. The predicted molar refractivity (Wildman–Crippen MR) is 206 cm³/mol. The molecule has 0 radical (unpaired) electrons. The number of benzene rings is 3. The van der Waals surface area contributed by atoms with Crippen LogP contribution >= 0.6 is 0 Å². The van der Waals surface area contributed by atoms with Gasteiger partial charge < -0.3 is 29.8 Å². The molecule has 5 aromatic rings. The van der Waals surface area contributed by atoms with Crippen molar-refractivity contribution < 1.29 is 19.1 Å². The van der Waals surface area contributed by atoms with Gasteiger partial charge in [0.25, 0.3) is 5.91 Å². The van der Waals surface area contributed by atoms with Gasteiger partial charge in [0.2, 0.25) is 5.91 Å². The molecule has 0 spiro atoms. The van der Waals surface area contributed by atoms with Gasteiger partial charge in [-0.25, -0.2) is 14.8 Å². The molecule has 280 valence electrons. The molecule has 0 aliphatic carbocycles. The quantitative estimate of drug-likeness (QED) is 0.126. The number of imidazole rings is 2. The molecule has 2 saturated heterocycles. The van der Waals surface area contributed by atoms with Crippen molar-refractivity contribution in [2.75, 3.05) is 33.3 Å². The summed E-state index contributed by atoms with van der Waals surface area (Å²) in [5.74, 6) is 1.42. The SMILES string of the molecule is CCN(CC)[C@@H](C(=O)N1CCC[C@H]1c1ncc(-c2ccc(-c3cnc([C@@H]4CCCN4C(=O)[C@H](NC(=O)OC)c4ccccc4)[nH]3)cc2)[nH]1)c1ccccc1. The Labute approximate surface area is 316 Å². The number of hydrogen-bond acceptors (Lipinski definition) is 7. The second kappa shape index (κ2) is 16.5. The molecule has 4 heterocycles. The number of nitrogens with zero attached hydrogens (tertiary/aromatic N) is 5. The summed E-state index contributed by atoms with van der Waals surface area (Å²) in [6.45, 7) is 7.03. The Morgan fingerprint density at radius 1 is 0.741 bits per heavy atom. The molecular weight excluding hydrogens is 681 g/mol. The fraction of sp³-hybridized carbons (Fsp3) is 0.357. The van der Waals surface area contributed by atoms with Gasteiger partial charge in [0.05, 0.1) is 43.0 Å². The summed E-state index contributed by atoms with van der Waals surface area (Å²) in [5.41, 5.74) is 5.37. The highest BCUT2D eigenvalue weighted by atomic mass is 16.5. The van der Waals surface area contributed by atoms with Gasteiger partial charge in [0.15, 0.2) is 0 Å². The number of H-pyrrole nitrogens is 2. The molecule has 3 amide bonds. The molecule has 0 bridgehead atoms. The third-order valence-electron chi connectivity index (χ3n) is 10.8. The summed E-state index contributed by atoms with van der Waals surface area (Å²) >= 11 is 0. The van der Waals surface area contributed by atoms with Crippen LogP contribution in [0.5, 0.6) is 0 Å². The van der Waals surface area contributed by atoms with Crippen molar-refractivity contribution in [1.82, 2.24) is 40.0 Å². The van der Waals surface area contributed by atoms with E-state index in [4.69, 9.17) is 14.7 Å². The van der Waals surface area contributed by atoms with Crippen LogP contribution in [0.2, 0.25) is 0 Å². The number of amides is 3. The van der Waals surface area contributed by atoms with E-state index in [1.807, 2.05) is 96.0 Å². The highest BCUT2D eigenvalue weighted by Crippen LogP contribution is 2.37. The van der Waals surface area contributed by atoms with Gasteiger partial charge in [-0.1, -0.05) is 98.8 Å². The van der Waals surface area contributed by atoms with Crippen LogP contribution in [0.15, 0.2) is 97.3 Å². The molecule has 4 atom stereocenters. The normalized spacial score (nSPS) is 18.1. The van der Waals surface area contributed by atoms with Gasteiger partial charge in [0, 0.05) is 13.1 Å². The highest BCUT2D eigenvalue weighted by molar-refractivity contribution is 5.87. The summed E-state index contributed by atoms with van der Waals surface area (Å²) in [4.78, 5) is 62.8. The van der Waals surface area contributed by atoms with Crippen LogP contribution in [0.1, 0.15) is 86.5 Å². The Bertz CT molecular complexity index is 2030. The number of methoxy groups -OCH3 is 1. The number of hydrogen-bond donors (Lipinski definition) is 3. The van der Waals surface area contributed by atoms with Crippen molar-refractivity contribution in [3.8, 4) is 22.5 Å². The molecule has 3 aromatic carbocycles. The van der Waals surface area contributed by atoms with Crippen molar-refractivity contribution in [2.24, 2.45) is 0 Å². The number of ether oxygens (including phenoxy) is 1. The molecule has 2 fully saturated rings. The van der Waals surface area contributed by atoms with E-state index in [1.165, 1.54) is 7.11 Å².